The molecule has 0 amide bonds. The van der Waals surface area contributed by atoms with E-state index in [9.17, 15) is 4.39 Å². The van der Waals surface area contributed by atoms with E-state index in [1.165, 1.54) is 12.1 Å². The Kier molecular flexibility index (Phi) is 3.72. The Labute approximate surface area is 88.0 Å². The molecular weight excluding hydrogens is 203 g/mol. The average Bonchev–Trinajstić information content (AvgIpc) is 2.11. The Morgan fingerprint density at radius 3 is 2.71 bits per heavy atom. The van der Waals surface area contributed by atoms with Gasteiger partial charge in [0.15, 0.2) is 0 Å². The van der Waals surface area contributed by atoms with Gasteiger partial charge in [-0.2, -0.15) is 0 Å². The van der Waals surface area contributed by atoms with E-state index < -0.39 is 5.82 Å². The highest BCUT2D eigenvalue weighted by Crippen LogP contribution is 2.29. The zero-order valence-electron chi connectivity index (χ0n) is 8.06. The molecule has 4 N–H and O–H groups in total. The molecule has 0 fully saturated rings. The van der Waals surface area contributed by atoms with E-state index in [2.05, 4.69) is 0 Å². The predicted molar refractivity (Wildman–Crippen MR) is 57.7 cm³/mol. The van der Waals surface area contributed by atoms with Crippen molar-refractivity contribution in [1.82, 2.24) is 0 Å². The lowest BCUT2D eigenvalue weighted by Crippen LogP contribution is -2.12. The molecule has 78 valence electrons. The third-order valence-corrected chi connectivity index (χ3v) is 2.44. The topological polar surface area (TPSA) is 52.0 Å². The summed E-state index contributed by atoms with van der Waals surface area (Å²) in [6.45, 7) is 2.01. The average molecular weight is 217 g/mol. The zero-order chi connectivity index (χ0) is 10.7. The van der Waals surface area contributed by atoms with Crippen molar-refractivity contribution in [3.05, 3.63) is 28.5 Å². The van der Waals surface area contributed by atoms with Crippen LogP contribution in [0.25, 0.3) is 0 Å². The normalized spacial score (nSPS) is 12.9. The number of hydrogen-bond donors (Lipinski definition) is 2. The SMILES string of the molecule is CCC[C@@H](N)c1cc(F)cc(Cl)c1N. The molecule has 1 aromatic carbocycles. The number of anilines is 1. The van der Waals surface area contributed by atoms with Crippen LogP contribution in [0.15, 0.2) is 12.1 Å². The summed E-state index contributed by atoms with van der Waals surface area (Å²) < 4.78 is 13.0. The van der Waals surface area contributed by atoms with Crippen LogP contribution in [0.1, 0.15) is 31.4 Å². The molecule has 4 heteroatoms. The van der Waals surface area contributed by atoms with E-state index in [1.807, 2.05) is 6.92 Å². The van der Waals surface area contributed by atoms with Crippen LogP contribution in [0.5, 0.6) is 0 Å². The van der Waals surface area contributed by atoms with Crippen LogP contribution in [-0.2, 0) is 0 Å². The lowest BCUT2D eigenvalue weighted by atomic mass is 10.0. The fourth-order valence-corrected chi connectivity index (χ4v) is 1.59. The first-order valence-electron chi connectivity index (χ1n) is 4.56. The zero-order valence-corrected chi connectivity index (χ0v) is 8.81. The Morgan fingerprint density at radius 1 is 1.50 bits per heavy atom. The Bertz CT molecular complexity index is 328. The first-order valence-corrected chi connectivity index (χ1v) is 4.94. The van der Waals surface area contributed by atoms with Gasteiger partial charge in [0.25, 0.3) is 0 Å². The molecule has 0 aliphatic carbocycles. The number of nitrogen functional groups attached to an aromatic ring is 1. The second-order valence-electron chi connectivity index (χ2n) is 3.29. The lowest BCUT2D eigenvalue weighted by Gasteiger charge is -2.14. The summed E-state index contributed by atoms with van der Waals surface area (Å²) in [4.78, 5) is 0. The first-order chi connectivity index (χ1) is 6.56. The van der Waals surface area contributed by atoms with E-state index in [-0.39, 0.29) is 11.1 Å². The van der Waals surface area contributed by atoms with Gasteiger partial charge in [0.2, 0.25) is 0 Å². The maximum absolute atomic E-state index is 13.0. The monoisotopic (exact) mass is 216 g/mol. The van der Waals surface area contributed by atoms with E-state index in [1.54, 1.807) is 0 Å². The molecule has 0 saturated carbocycles. The molecule has 0 bridgehead atoms. The fraction of sp³-hybridized carbons (Fsp3) is 0.400. The van der Waals surface area contributed by atoms with E-state index in [0.29, 0.717) is 11.3 Å². The Morgan fingerprint density at radius 2 is 2.14 bits per heavy atom. The number of nitrogens with two attached hydrogens (primary N) is 2. The minimum Gasteiger partial charge on any atom is -0.397 e. The highest BCUT2D eigenvalue weighted by molar-refractivity contribution is 6.33. The molecule has 0 radical (unpaired) electrons. The van der Waals surface area contributed by atoms with Crippen molar-refractivity contribution in [2.24, 2.45) is 5.73 Å². The summed E-state index contributed by atoms with van der Waals surface area (Å²) in [7, 11) is 0. The molecule has 0 unspecified atom stereocenters. The molecule has 14 heavy (non-hydrogen) atoms. The van der Waals surface area contributed by atoms with Gasteiger partial charge in [-0.15, -0.1) is 0 Å². The molecular formula is C10H14ClFN2. The van der Waals surface area contributed by atoms with Gasteiger partial charge in [0.05, 0.1) is 10.7 Å². The second kappa shape index (κ2) is 4.62. The van der Waals surface area contributed by atoms with Crippen molar-refractivity contribution in [2.75, 3.05) is 5.73 Å². The Balaban J connectivity index is 3.07. The number of rotatable bonds is 3. The van der Waals surface area contributed by atoms with Gasteiger partial charge in [0.1, 0.15) is 5.82 Å². The maximum atomic E-state index is 13.0. The summed E-state index contributed by atoms with van der Waals surface area (Å²) in [6, 6.07) is 2.30. The van der Waals surface area contributed by atoms with Crippen molar-refractivity contribution in [3.63, 3.8) is 0 Å². The first kappa shape index (κ1) is 11.3. The van der Waals surface area contributed by atoms with Crippen LogP contribution in [0.2, 0.25) is 5.02 Å². The minimum absolute atomic E-state index is 0.228. The van der Waals surface area contributed by atoms with Gasteiger partial charge in [0, 0.05) is 6.04 Å². The third-order valence-electron chi connectivity index (χ3n) is 2.13. The van der Waals surface area contributed by atoms with Crippen LogP contribution in [0.3, 0.4) is 0 Å². The van der Waals surface area contributed by atoms with Gasteiger partial charge in [-0.3, -0.25) is 0 Å². The van der Waals surface area contributed by atoms with Crippen molar-refractivity contribution >= 4 is 17.3 Å². The van der Waals surface area contributed by atoms with Gasteiger partial charge in [-0.05, 0) is 24.1 Å². The molecule has 1 rings (SSSR count). The predicted octanol–water partition coefficient (Wildman–Crippen LogP) is 2.86. The van der Waals surface area contributed by atoms with E-state index >= 15 is 0 Å². The third kappa shape index (κ3) is 2.36. The number of benzene rings is 1. The summed E-state index contributed by atoms with van der Waals surface area (Å²) in [5, 5.41) is 0.228. The smallest absolute Gasteiger partial charge is 0.125 e. The van der Waals surface area contributed by atoms with Gasteiger partial charge < -0.3 is 11.5 Å². The van der Waals surface area contributed by atoms with Gasteiger partial charge >= 0.3 is 0 Å². The molecule has 0 saturated heterocycles. The fourth-order valence-electron chi connectivity index (χ4n) is 1.38. The van der Waals surface area contributed by atoms with Gasteiger partial charge in [-0.25, -0.2) is 4.39 Å². The van der Waals surface area contributed by atoms with Crippen molar-refractivity contribution < 1.29 is 4.39 Å². The summed E-state index contributed by atoms with van der Waals surface area (Å²) in [6.07, 6.45) is 1.69. The van der Waals surface area contributed by atoms with Gasteiger partial charge in [-0.1, -0.05) is 24.9 Å². The molecule has 0 aliphatic rings. The molecule has 2 nitrogen and oxygen atoms in total. The van der Waals surface area contributed by atoms with E-state index in [4.69, 9.17) is 23.1 Å². The standard InChI is InChI=1S/C10H14ClFN2/c1-2-3-9(13)7-4-6(12)5-8(11)10(7)14/h4-5,9H,2-3,13-14H2,1H3/t9-/m1/s1. The summed E-state index contributed by atoms with van der Waals surface area (Å²) in [5.41, 5.74) is 12.5. The summed E-state index contributed by atoms with van der Waals surface area (Å²) >= 11 is 5.74. The molecule has 0 spiro atoms. The quantitative estimate of drug-likeness (QED) is 0.764. The summed E-state index contributed by atoms with van der Waals surface area (Å²) in [5.74, 6) is -0.397. The number of hydrogen-bond acceptors (Lipinski definition) is 2. The lowest BCUT2D eigenvalue weighted by molar-refractivity contribution is 0.606. The highest BCUT2D eigenvalue weighted by Gasteiger charge is 2.12. The Hall–Kier alpha value is -0.800. The van der Waals surface area contributed by atoms with Crippen LogP contribution in [0.4, 0.5) is 10.1 Å². The maximum Gasteiger partial charge on any atom is 0.125 e. The molecule has 0 aromatic heterocycles. The molecule has 1 aromatic rings. The highest BCUT2D eigenvalue weighted by atomic mass is 35.5. The molecule has 0 aliphatic heterocycles. The van der Waals surface area contributed by atoms with Crippen LogP contribution in [-0.4, -0.2) is 0 Å². The molecule has 0 heterocycles. The van der Waals surface area contributed by atoms with Crippen molar-refractivity contribution in [2.45, 2.75) is 25.8 Å². The van der Waals surface area contributed by atoms with Crippen LogP contribution in [0, 0.1) is 5.82 Å². The van der Waals surface area contributed by atoms with Crippen LogP contribution >= 0.6 is 11.6 Å². The van der Waals surface area contributed by atoms with Crippen LogP contribution < -0.4 is 11.5 Å². The van der Waals surface area contributed by atoms with Crippen molar-refractivity contribution in [3.8, 4) is 0 Å². The molecule has 1 atom stereocenters. The number of halogens is 2. The second-order valence-corrected chi connectivity index (χ2v) is 3.69. The minimum atomic E-state index is -0.397. The van der Waals surface area contributed by atoms with Crippen molar-refractivity contribution in [1.29, 1.82) is 0 Å². The van der Waals surface area contributed by atoms with E-state index in [0.717, 1.165) is 12.8 Å². The largest absolute Gasteiger partial charge is 0.397 e.